The molecule has 0 bridgehead atoms. The second kappa shape index (κ2) is 8.31. The Morgan fingerprint density at radius 1 is 1.17 bits per heavy atom. The Balaban J connectivity index is 1.81. The predicted molar refractivity (Wildman–Crippen MR) is 95.6 cm³/mol. The molecule has 0 heterocycles. The lowest BCUT2D eigenvalue weighted by Gasteiger charge is -2.10. The molecular formula is C17H18ClN3O3. The van der Waals surface area contributed by atoms with Gasteiger partial charge in [-0.25, -0.2) is 0 Å². The Morgan fingerprint density at radius 2 is 1.88 bits per heavy atom. The summed E-state index contributed by atoms with van der Waals surface area (Å²) < 4.78 is 0. The Labute approximate surface area is 145 Å². The highest BCUT2D eigenvalue weighted by molar-refractivity contribution is 6.31. The standard InChI is InChI=1S/C17H18ClN3O3/c1-12-13(18)6-4-8-14(12)20-17(22)10-5-11-19-15-7-2-3-9-16(15)21(23)24/h2-4,6-9,19H,5,10-11H2,1H3,(H,20,22). The van der Waals surface area contributed by atoms with Gasteiger partial charge >= 0.3 is 0 Å². The van der Waals surface area contributed by atoms with Crippen LogP contribution in [0.4, 0.5) is 17.1 Å². The lowest BCUT2D eigenvalue weighted by molar-refractivity contribution is -0.384. The number of nitrogens with zero attached hydrogens (tertiary/aromatic N) is 1. The highest BCUT2D eigenvalue weighted by Crippen LogP contribution is 2.24. The fourth-order valence-electron chi connectivity index (χ4n) is 2.21. The summed E-state index contributed by atoms with van der Waals surface area (Å²) in [5.41, 5.74) is 2.00. The van der Waals surface area contributed by atoms with Crippen LogP contribution in [0.1, 0.15) is 18.4 Å². The van der Waals surface area contributed by atoms with Crippen LogP contribution in [0.2, 0.25) is 5.02 Å². The van der Waals surface area contributed by atoms with E-state index in [1.807, 2.05) is 6.92 Å². The molecule has 0 atom stereocenters. The molecule has 0 saturated heterocycles. The molecule has 0 fully saturated rings. The highest BCUT2D eigenvalue weighted by atomic mass is 35.5. The smallest absolute Gasteiger partial charge is 0.292 e. The van der Waals surface area contributed by atoms with Crippen LogP contribution in [0, 0.1) is 17.0 Å². The summed E-state index contributed by atoms with van der Waals surface area (Å²) in [6.07, 6.45) is 0.858. The molecule has 0 radical (unpaired) electrons. The van der Waals surface area contributed by atoms with Gasteiger partial charge in [0.05, 0.1) is 4.92 Å². The molecule has 0 aliphatic rings. The predicted octanol–water partition coefficient (Wildman–Crippen LogP) is 4.39. The number of anilines is 2. The molecule has 7 heteroatoms. The van der Waals surface area contributed by atoms with E-state index < -0.39 is 4.92 Å². The summed E-state index contributed by atoms with van der Waals surface area (Å²) in [5.74, 6) is -0.121. The second-order valence-electron chi connectivity index (χ2n) is 5.27. The van der Waals surface area contributed by atoms with E-state index in [1.165, 1.54) is 6.07 Å². The van der Waals surface area contributed by atoms with E-state index in [1.54, 1.807) is 36.4 Å². The molecule has 2 aromatic carbocycles. The van der Waals surface area contributed by atoms with Gasteiger partial charge in [-0.3, -0.25) is 14.9 Å². The number of rotatable bonds is 7. The first kappa shape index (κ1) is 17.7. The molecule has 2 N–H and O–H groups in total. The summed E-state index contributed by atoms with van der Waals surface area (Å²) >= 11 is 6.02. The van der Waals surface area contributed by atoms with Crippen molar-refractivity contribution in [1.29, 1.82) is 0 Å². The van der Waals surface area contributed by atoms with Crippen LogP contribution in [-0.4, -0.2) is 17.4 Å². The van der Waals surface area contributed by atoms with E-state index in [4.69, 9.17) is 11.6 Å². The molecule has 0 saturated carbocycles. The number of amides is 1. The molecule has 1 amide bonds. The van der Waals surface area contributed by atoms with E-state index in [-0.39, 0.29) is 11.6 Å². The fraction of sp³-hybridized carbons (Fsp3) is 0.235. The molecular weight excluding hydrogens is 330 g/mol. The van der Waals surface area contributed by atoms with E-state index in [2.05, 4.69) is 10.6 Å². The van der Waals surface area contributed by atoms with E-state index in [0.29, 0.717) is 35.8 Å². The summed E-state index contributed by atoms with van der Waals surface area (Å²) in [6.45, 7) is 2.31. The molecule has 6 nitrogen and oxygen atoms in total. The highest BCUT2D eigenvalue weighted by Gasteiger charge is 2.12. The molecule has 0 aliphatic heterocycles. The molecule has 2 aromatic rings. The van der Waals surface area contributed by atoms with E-state index in [0.717, 1.165) is 5.56 Å². The molecule has 24 heavy (non-hydrogen) atoms. The minimum absolute atomic E-state index is 0.0245. The maximum absolute atomic E-state index is 12.0. The lowest BCUT2D eigenvalue weighted by atomic mass is 10.2. The Kier molecular flexibility index (Phi) is 6.14. The zero-order valence-electron chi connectivity index (χ0n) is 13.2. The van der Waals surface area contributed by atoms with Crippen molar-refractivity contribution in [2.45, 2.75) is 19.8 Å². The number of hydrogen-bond donors (Lipinski definition) is 2. The third-order valence-electron chi connectivity index (χ3n) is 3.54. The second-order valence-corrected chi connectivity index (χ2v) is 5.67. The number of halogens is 1. The number of nitro groups is 1. The van der Waals surface area contributed by atoms with Gasteiger partial charge < -0.3 is 10.6 Å². The number of carbonyl (C=O) groups excluding carboxylic acids is 1. The van der Waals surface area contributed by atoms with Crippen LogP contribution in [-0.2, 0) is 4.79 Å². The maximum atomic E-state index is 12.0. The van der Waals surface area contributed by atoms with Crippen LogP contribution in [0.25, 0.3) is 0 Å². The minimum Gasteiger partial charge on any atom is -0.379 e. The Bertz CT molecular complexity index is 750. The van der Waals surface area contributed by atoms with Crippen LogP contribution >= 0.6 is 11.6 Å². The summed E-state index contributed by atoms with van der Waals surface area (Å²) in [7, 11) is 0. The molecule has 0 aromatic heterocycles. The normalized spacial score (nSPS) is 10.2. The van der Waals surface area contributed by atoms with Gasteiger partial charge in [-0.15, -0.1) is 0 Å². The zero-order valence-corrected chi connectivity index (χ0v) is 14.0. The van der Waals surface area contributed by atoms with Crippen LogP contribution in [0.3, 0.4) is 0 Å². The van der Waals surface area contributed by atoms with Crippen molar-refractivity contribution in [1.82, 2.24) is 0 Å². The Hall–Kier alpha value is -2.60. The van der Waals surface area contributed by atoms with Crippen molar-refractivity contribution in [3.63, 3.8) is 0 Å². The van der Waals surface area contributed by atoms with Crippen LogP contribution in [0.5, 0.6) is 0 Å². The number of carbonyl (C=O) groups is 1. The monoisotopic (exact) mass is 347 g/mol. The van der Waals surface area contributed by atoms with Crippen molar-refractivity contribution in [2.24, 2.45) is 0 Å². The van der Waals surface area contributed by atoms with Gasteiger partial charge in [-0.2, -0.15) is 0 Å². The molecule has 2 rings (SSSR count). The van der Waals surface area contributed by atoms with Crippen molar-refractivity contribution in [3.05, 3.63) is 63.2 Å². The summed E-state index contributed by atoms with van der Waals surface area (Å²) in [4.78, 5) is 22.5. The first-order valence-electron chi connectivity index (χ1n) is 7.51. The van der Waals surface area contributed by atoms with Crippen molar-refractivity contribution < 1.29 is 9.72 Å². The topological polar surface area (TPSA) is 84.3 Å². The van der Waals surface area contributed by atoms with Crippen LogP contribution < -0.4 is 10.6 Å². The fourth-order valence-corrected chi connectivity index (χ4v) is 2.38. The number of benzene rings is 2. The number of nitro benzene ring substituents is 1. The zero-order chi connectivity index (χ0) is 17.5. The SMILES string of the molecule is Cc1c(Cl)cccc1NC(=O)CCCNc1ccccc1[N+](=O)[O-]. The van der Waals surface area contributed by atoms with Gasteiger partial charge in [0.1, 0.15) is 5.69 Å². The average molecular weight is 348 g/mol. The summed E-state index contributed by atoms with van der Waals surface area (Å²) in [5, 5.41) is 17.3. The maximum Gasteiger partial charge on any atom is 0.292 e. The third-order valence-corrected chi connectivity index (χ3v) is 3.95. The van der Waals surface area contributed by atoms with Gasteiger partial charge in [-0.1, -0.05) is 29.8 Å². The van der Waals surface area contributed by atoms with Crippen molar-refractivity contribution in [3.8, 4) is 0 Å². The van der Waals surface area contributed by atoms with Crippen molar-refractivity contribution >= 4 is 34.6 Å². The van der Waals surface area contributed by atoms with Gasteiger partial charge in [0.2, 0.25) is 5.91 Å². The van der Waals surface area contributed by atoms with E-state index >= 15 is 0 Å². The van der Waals surface area contributed by atoms with E-state index in [9.17, 15) is 14.9 Å². The number of hydrogen-bond acceptors (Lipinski definition) is 4. The van der Waals surface area contributed by atoms with Gasteiger partial charge in [0.15, 0.2) is 0 Å². The molecule has 126 valence electrons. The first-order chi connectivity index (χ1) is 11.5. The first-order valence-corrected chi connectivity index (χ1v) is 7.89. The number of nitrogens with one attached hydrogen (secondary N) is 2. The number of para-hydroxylation sites is 2. The Morgan fingerprint density at radius 3 is 2.62 bits per heavy atom. The average Bonchev–Trinajstić information content (AvgIpc) is 2.56. The van der Waals surface area contributed by atoms with Gasteiger partial charge in [0, 0.05) is 29.7 Å². The van der Waals surface area contributed by atoms with Crippen molar-refractivity contribution in [2.75, 3.05) is 17.2 Å². The van der Waals surface area contributed by atoms with Crippen LogP contribution in [0.15, 0.2) is 42.5 Å². The lowest BCUT2D eigenvalue weighted by Crippen LogP contribution is -2.14. The summed E-state index contributed by atoms with van der Waals surface area (Å²) in [6, 6.07) is 11.8. The minimum atomic E-state index is -0.434. The van der Waals surface area contributed by atoms with Gasteiger partial charge in [0.25, 0.3) is 5.69 Å². The quantitative estimate of drug-likeness (QED) is 0.442. The molecule has 0 unspecified atom stereocenters. The molecule has 0 aliphatic carbocycles. The molecule has 0 spiro atoms. The van der Waals surface area contributed by atoms with Gasteiger partial charge in [-0.05, 0) is 37.1 Å². The largest absolute Gasteiger partial charge is 0.379 e. The third kappa shape index (κ3) is 4.70.